The molecule has 1 saturated carbocycles. The molecule has 0 aromatic heterocycles. The average molecular weight is 267 g/mol. The van der Waals surface area contributed by atoms with Crippen LogP contribution in [0.4, 0.5) is 0 Å². The third-order valence-corrected chi connectivity index (χ3v) is 4.56. The Morgan fingerprint density at radius 2 is 1.84 bits per heavy atom. The number of hydrogen-bond donors (Lipinski definition) is 1. The van der Waals surface area contributed by atoms with Gasteiger partial charge >= 0.3 is 0 Å². The van der Waals surface area contributed by atoms with Gasteiger partial charge in [-0.3, -0.25) is 0 Å². The highest BCUT2D eigenvalue weighted by atomic mass is 16.5. The van der Waals surface area contributed by atoms with Crippen molar-refractivity contribution >= 4 is 0 Å². The van der Waals surface area contributed by atoms with Crippen LogP contribution in [-0.4, -0.2) is 24.8 Å². The van der Waals surface area contributed by atoms with Gasteiger partial charge in [0.15, 0.2) is 0 Å². The van der Waals surface area contributed by atoms with E-state index in [0.717, 1.165) is 19.6 Å². The maximum atomic E-state index is 6.27. The normalized spacial score (nSPS) is 22.9. The molecule has 19 heavy (non-hydrogen) atoms. The van der Waals surface area contributed by atoms with Crippen molar-refractivity contribution in [3.8, 4) is 0 Å². The van der Waals surface area contributed by atoms with Crippen molar-refractivity contribution in [3.63, 3.8) is 0 Å². The molecule has 1 unspecified atom stereocenters. The van der Waals surface area contributed by atoms with E-state index in [9.17, 15) is 0 Å². The second-order valence-corrected chi connectivity index (χ2v) is 6.69. The lowest BCUT2D eigenvalue weighted by Crippen LogP contribution is -2.55. The van der Waals surface area contributed by atoms with Gasteiger partial charge in [0.1, 0.15) is 0 Å². The first-order chi connectivity index (χ1) is 8.99. The molecule has 2 heteroatoms. The number of hydrogen-bond acceptors (Lipinski definition) is 2. The Hall–Kier alpha value is -0.340. The third-order valence-electron chi connectivity index (χ3n) is 4.56. The molecular formula is C17H33NO. The number of ether oxygens (including phenoxy) is 1. The van der Waals surface area contributed by atoms with Gasteiger partial charge in [-0.1, -0.05) is 26.8 Å². The molecule has 1 aliphatic rings. The molecule has 0 saturated heterocycles. The standard InChI is InChI=1S/C17H33NO/c1-6-9-15(18-14-7-2)17(19-8-3)12-10-16(4,5)11-13-17/h6,15,18H,1,7-14H2,2-5H3. The van der Waals surface area contributed by atoms with Gasteiger partial charge in [0.25, 0.3) is 0 Å². The molecule has 1 aliphatic carbocycles. The SMILES string of the molecule is C=CCC(NCCC)C1(OCC)CCC(C)(C)CC1. The molecule has 2 nitrogen and oxygen atoms in total. The van der Waals surface area contributed by atoms with E-state index in [1.54, 1.807) is 0 Å². The predicted molar refractivity (Wildman–Crippen MR) is 83.5 cm³/mol. The molecule has 0 aromatic carbocycles. The first-order valence-corrected chi connectivity index (χ1v) is 7.98. The Morgan fingerprint density at radius 1 is 1.21 bits per heavy atom. The monoisotopic (exact) mass is 267 g/mol. The zero-order chi connectivity index (χ0) is 14.4. The van der Waals surface area contributed by atoms with E-state index >= 15 is 0 Å². The molecule has 0 spiro atoms. The minimum atomic E-state index is 0.0215. The smallest absolute Gasteiger partial charge is 0.0838 e. The maximum Gasteiger partial charge on any atom is 0.0838 e. The Bertz CT molecular complexity index is 262. The highest BCUT2D eigenvalue weighted by molar-refractivity contribution is 5.01. The van der Waals surface area contributed by atoms with Crippen LogP contribution in [0.2, 0.25) is 0 Å². The molecule has 0 amide bonds. The van der Waals surface area contributed by atoms with E-state index in [1.807, 2.05) is 6.08 Å². The predicted octanol–water partition coefficient (Wildman–Crippen LogP) is 4.31. The summed E-state index contributed by atoms with van der Waals surface area (Å²) in [5, 5.41) is 3.70. The van der Waals surface area contributed by atoms with Crippen LogP contribution in [0.3, 0.4) is 0 Å². The zero-order valence-electron chi connectivity index (χ0n) is 13.4. The summed E-state index contributed by atoms with van der Waals surface area (Å²) in [5.74, 6) is 0. The van der Waals surface area contributed by atoms with Crippen molar-refractivity contribution < 1.29 is 4.74 Å². The fourth-order valence-corrected chi connectivity index (χ4v) is 3.20. The molecular weight excluding hydrogens is 234 g/mol. The Kier molecular flexibility index (Phi) is 6.55. The van der Waals surface area contributed by atoms with Gasteiger partial charge in [0, 0.05) is 12.6 Å². The van der Waals surface area contributed by atoms with E-state index in [-0.39, 0.29) is 5.60 Å². The highest BCUT2D eigenvalue weighted by Crippen LogP contribution is 2.44. The van der Waals surface area contributed by atoms with Crippen LogP contribution in [0.15, 0.2) is 12.7 Å². The molecule has 1 atom stereocenters. The largest absolute Gasteiger partial charge is 0.374 e. The molecule has 0 radical (unpaired) electrons. The molecule has 0 heterocycles. The van der Waals surface area contributed by atoms with Crippen molar-refractivity contribution in [2.24, 2.45) is 5.41 Å². The molecule has 1 N–H and O–H groups in total. The molecule has 1 fully saturated rings. The van der Waals surface area contributed by atoms with Crippen molar-refractivity contribution in [2.45, 2.75) is 77.9 Å². The van der Waals surface area contributed by atoms with Crippen LogP contribution in [0.1, 0.15) is 66.2 Å². The molecule has 0 bridgehead atoms. The van der Waals surface area contributed by atoms with Crippen LogP contribution in [0.5, 0.6) is 0 Å². The first-order valence-electron chi connectivity index (χ1n) is 7.98. The first kappa shape index (κ1) is 16.7. The lowest BCUT2D eigenvalue weighted by atomic mass is 9.68. The average Bonchev–Trinajstić information content (AvgIpc) is 2.38. The fourth-order valence-electron chi connectivity index (χ4n) is 3.20. The Balaban J connectivity index is 2.79. The summed E-state index contributed by atoms with van der Waals surface area (Å²) >= 11 is 0. The van der Waals surface area contributed by atoms with Crippen molar-refractivity contribution in [2.75, 3.05) is 13.2 Å². The topological polar surface area (TPSA) is 21.3 Å². The number of nitrogens with one attached hydrogen (secondary N) is 1. The van der Waals surface area contributed by atoms with Crippen LogP contribution >= 0.6 is 0 Å². The van der Waals surface area contributed by atoms with Gasteiger partial charge < -0.3 is 10.1 Å². The van der Waals surface area contributed by atoms with Crippen LogP contribution in [0.25, 0.3) is 0 Å². The van der Waals surface area contributed by atoms with E-state index < -0.39 is 0 Å². The highest BCUT2D eigenvalue weighted by Gasteiger charge is 2.43. The van der Waals surface area contributed by atoms with Gasteiger partial charge in [-0.2, -0.15) is 0 Å². The summed E-state index contributed by atoms with van der Waals surface area (Å²) in [6, 6.07) is 0.418. The van der Waals surface area contributed by atoms with E-state index in [1.165, 1.54) is 32.1 Å². The van der Waals surface area contributed by atoms with Gasteiger partial charge in [-0.15, -0.1) is 6.58 Å². The Labute approximate surface area is 120 Å². The second-order valence-electron chi connectivity index (χ2n) is 6.69. The molecule has 1 rings (SSSR count). The van der Waals surface area contributed by atoms with Crippen molar-refractivity contribution in [1.29, 1.82) is 0 Å². The second kappa shape index (κ2) is 7.44. The Morgan fingerprint density at radius 3 is 2.32 bits per heavy atom. The minimum absolute atomic E-state index is 0.0215. The lowest BCUT2D eigenvalue weighted by molar-refractivity contribution is -0.105. The van der Waals surface area contributed by atoms with Crippen LogP contribution in [-0.2, 0) is 4.74 Å². The molecule has 0 aromatic rings. The summed E-state index contributed by atoms with van der Waals surface area (Å²) < 4.78 is 6.27. The van der Waals surface area contributed by atoms with Crippen molar-refractivity contribution in [3.05, 3.63) is 12.7 Å². The van der Waals surface area contributed by atoms with Gasteiger partial charge in [0.2, 0.25) is 0 Å². The summed E-state index contributed by atoms with van der Waals surface area (Å²) in [5.41, 5.74) is 0.498. The van der Waals surface area contributed by atoms with Gasteiger partial charge in [-0.25, -0.2) is 0 Å². The van der Waals surface area contributed by atoms with Gasteiger partial charge in [0.05, 0.1) is 5.60 Å². The molecule has 112 valence electrons. The van der Waals surface area contributed by atoms with Crippen LogP contribution < -0.4 is 5.32 Å². The summed E-state index contributed by atoms with van der Waals surface area (Å²) in [7, 11) is 0. The fraction of sp³-hybridized carbons (Fsp3) is 0.882. The van der Waals surface area contributed by atoms with E-state index in [4.69, 9.17) is 4.74 Å². The lowest BCUT2D eigenvalue weighted by Gasteiger charge is -2.47. The summed E-state index contributed by atoms with van der Waals surface area (Å²) in [6.45, 7) is 14.9. The van der Waals surface area contributed by atoms with Gasteiger partial charge in [-0.05, 0) is 57.4 Å². The summed E-state index contributed by atoms with van der Waals surface area (Å²) in [4.78, 5) is 0. The van der Waals surface area contributed by atoms with E-state index in [0.29, 0.717) is 11.5 Å². The number of rotatable bonds is 8. The van der Waals surface area contributed by atoms with Crippen LogP contribution in [0, 0.1) is 5.41 Å². The van der Waals surface area contributed by atoms with E-state index in [2.05, 4.69) is 39.6 Å². The zero-order valence-corrected chi connectivity index (χ0v) is 13.4. The minimum Gasteiger partial charge on any atom is -0.374 e. The third kappa shape index (κ3) is 4.61. The maximum absolute atomic E-state index is 6.27. The quantitative estimate of drug-likeness (QED) is 0.662. The summed E-state index contributed by atoms with van der Waals surface area (Å²) in [6.07, 6.45) is 9.06. The van der Waals surface area contributed by atoms with Crippen molar-refractivity contribution in [1.82, 2.24) is 5.32 Å². The molecule has 0 aliphatic heterocycles.